The van der Waals surface area contributed by atoms with E-state index < -0.39 is 0 Å². The van der Waals surface area contributed by atoms with Gasteiger partial charge in [0.1, 0.15) is 0 Å². The Labute approximate surface area is 143 Å². The van der Waals surface area contributed by atoms with Gasteiger partial charge in [-0.15, -0.1) is 0 Å². The fraction of sp³-hybridized carbons (Fsp3) is 0.895. The van der Waals surface area contributed by atoms with Gasteiger partial charge in [0, 0.05) is 13.5 Å². The molecule has 0 aliphatic heterocycles. The molecule has 138 valence electrons. The van der Waals surface area contributed by atoms with Gasteiger partial charge in [0.05, 0.1) is 13.2 Å². The fourth-order valence-electron chi connectivity index (χ4n) is 2.45. The van der Waals surface area contributed by atoms with Gasteiger partial charge >= 0.3 is 5.95 Å². The number of methoxy groups -OCH3 is 1. The molecule has 0 spiro atoms. The molecular formula is C19H38O4. The number of hydrogen-bond acceptors (Lipinski definition) is 4. The van der Waals surface area contributed by atoms with Crippen LogP contribution < -0.4 is 0 Å². The van der Waals surface area contributed by atoms with Crippen LogP contribution in [0.5, 0.6) is 0 Å². The molecule has 23 heavy (non-hydrogen) atoms. The van der Waals surface area contributed by atoms with Gasteiger partial charge in [0.15, 0.2) is 12.6 Å². The number of hydrogen-bond donors (Lipinski definition) is 0. The highest BCUT2D eigenvalue weighted by atomic mass is 16.7. The lowest BCUT2D eigenvalue weighted by atomic mass is 10.1. The Hall–Kier alpha value is -0.900. The molecule has 0 rings (SSSR count). The van der Waals surface area contributed by atoms with Crippen molar-refractivity contribution in [3.8, 4) is 0 Å². The first-order valence-electron chi connectivity index (χ1n) is 9.40. The summed E-state index contributed by atoms with van der Waals surface area (Å²) in [6, 6.07) is 0. The monoisotopic (exact) mass is 330 g/mol. The maximum atomic E-state index is 5.70. The third kappa shape index (κ3) is 13.3. The summed E-state index contributed by atoms with van der Waals surface area (Å²) in [5.74, 6) is 1.30. The summed E-state index contributed by atoms with van der Waals surface area (Å²) in [7, 11) is 1.60. The zero-order chi connectivity index (χ0) is 17.2. The SMILES string of the molecule is CCCCCCCCCCC/C(OCC)=C(\OCC)OCOC. The molecule has 0 saturated carbocycles. The molecule has 0 heterocycles. The Balaban J connectivity index is 4.01. The summed E-state index contributed by atoms with van der Waals surface area (Å²) in [6.45, 7) is 7.56. The Morgan fingerprint density at radius 2 is 1.22 bits per heavy atom. The van der Waals surface area contributed by atoms with Gasteiger partial charge in [-0.3, -0.25) is 0 Å². The van der Waals surface area contributed by atoms with Crippen LogP contribution >= 0.6 is 0 Å². The zero-order valence-electron chi connectivity index (χ0n) is 15.8. The minimum atomic E-state index is 0.184. The van der Waals surface area contributed by atoms with E-state index in [1.54, 1.807) is 7.11 Å². The molecule has 0 radical (unpaired) electrons. The quantitative estimate of drug-likeness (QED) is 0.193. The van der Waals surface area contributed by atoms with Crippen LogP contribution in [0.1, 0.15) is 85.0 Å². The molecule has 0 aliphatic carbocycles. The minimum Gasteiger partial charge on any atom is -0.491 e. The lowest BCUT2D eigenvalue weighted by molar-refractivity contribution is -0.0663. The van der Waals surface area contributed by atoms with Crippen molar-refractivity contribution in [3.63, 3.8) is 0 Å². The third-order valence-corrected chi connectivity index (χ3v) is 3.64. The molecule has 0 atom stereocenters. The van der Waals surface area contributed by atoms with Gasteiger partial charge in [-0.25, -0.2) is 0 Å². The van der Waals surface area contributed by atoms with Crippen molar-refractivity contribution in [1.29, 1.82) is 0 Å². The van der Waals surface area contributed by atoms with E-state index in [2.05, 4.69) is 6.92 Å². The maximum absolute atomic E-state index is 5.70. The first-order valence-corrected chi connectivity index (χ1v) is 9.40. The highest BCUT2D eigenvalue weighted by molar-refractivity contribution is 4.95. The van der Waals surface area contributed by atoms with Gasteiger partial charge in [-0.1, -0.05) is 58.3 Å². The van der Waals surface area contributed by atoms with Crippen LogP contribution in [-0.4, -0.2) is 27.1 Å². The lowest BCUT2D eigenvalue weighted by Gasteiger charge is -2.16. The summed E-state index contributed by atoms with van der Waals surface area (Å²) < 4.78 is 21.7. The first kappa shape index (κ1) is 22.1. The molecule has 0 bridgehead atoms. The molecular weight excluding hydrogens is 292 g/mol. The van der Waals surface area contributed by atoms with Crippen LogP contribution in [0.4, 0.5) is 0 Å². The summed E-state index contributed by atoms with van der Waals surface area (Å²) in [5, 5.41) is 0. The second-order valence-electron chi connectivity index (χ2n) is 5.71. The van der Waals surface area contributed by atoms with Crippen molar-refractivity contribution in [3.05, 3.63) is 11.7 Å². The standard InChI is InChI=1S/C19H38O4/c1-5-8-9-10-11-12-13-14-15-16-18(21-6-2)19(22-7-3)23-17-20-4/h5-17H2,1-4H3/b19-18-. The normalized spacial score (nSPS) is 12.0. The number of ether oxygens (including phenoxy) is 4. The molecule has 4 heteroatoms. The fourth-order valence-corrected chi connectivity index (χ4v) is 2.45. The number of allylic oxidation sites excluding steroid dienone is 1. The smallest absolute Gasteiger partial charge is 0.321 e. The predicted octanol–water partition coefficient (Wildman–Crippen LogP) is 5.77. The molecule has 4 nitrogen and oxygen atoms in total. The van der Waals surface area contributed by atoms with Crippen LogP contribution in [-0.2, 0) is 18.9 Å². The summed E-state index contributed by atoms with van der Waals surface area (Å²) in [6.07, 6.45) is 12.7. The van der Waals surface area contributed by atoms with Crippen molar-refractivity contribution < 1.29 is 18.9 Å². The largest absolute Gasteiger partial charge is 0.491 e. The lowest BCUT2D eigenvalue weighted by Crippen LogP contribution is -2.07. The van der Waals surface area contributed by atoms with Gasteiger partial charge in [-0.05, 0) is 20.3 Å². The van der Waals surface area contributed by atoms with Gasteiger partial charge in [0.2, 0.25) is 0 Å². The van der Waals surface area contributed by atoms with Crippen LogP contribution in [0.2, 0.25) is 0 Å². The molecule has 0 aliphatic rings. The average Bonchev–Trinajstić information content (AvgIpc) is 2.56. The first-order chi connectivity index (χ1) is 11.3. The van der Waals surface area contributed by atoms with Gasteiger partial charge in [0.25, 0.3) is 0 Å². The topological polar surface area (TPSA) is 36.9 Å². The van der Waals surface area contributed by atoms with E-state index in [0.29, 0.717) is 19.2 Å². The molecule has 0 N–H and O–H groups in total. The van der Waals surface area contributed by atoms with Crippen molar-refractivity contribution in [2.24, 2.45) is 0 Å². The van der Waals surface area contributed by atoms with Gasteiger partial charge in [-0.2, -0.15) is 0 Å². The van der Waals surface area contributed by atoms with Gasteiger partial charge < -0.3 is 18.9 Å². The maximum Gasteiger partial charge on any atom is 0.321 e. The molecule has 0 unspecified atom stereocenters. The van der Waals surface area contributed by atoms with E-state index in [9.17, 15) is 0 Å². The molecule has 0 amide bonds. The van der Waals surface area contributed by atoms with Crippen molar-refractivity contribution in [2.45, 2.75) is 85.0 Å². The third-order valence-electron chi connectivity index (χ3n) is 3.64. The van der Waals surface area contributed by atoms with Crippen LogP contribution in [0, 0.1) is 0 Å². The molecule has 0 fully saturated rings. The predicted molar refractivity (Wildman–Crippen MR) is 95.1 cm³/mol. The van der Waals surface area contributed by atoms with E-state index in [1.807, 2.05) is 13.8 Å². The van der Waals surface area contributed by atoms with E-state index in [4.69, 9.17) is 18.9 Å². The van der Waals surface area contributed by atoms with Crippen molar-refractivity contribution in [1.82, 2.24) is 0 Å². The zero-order valence-corrected chi connectivity index (χ0v) is 15.8. The Kier molecular flexibility index (Phi) is 16.8. The van der Waals surface area contributed by atoms with E-state index in [0.717, 1.165) is 18.6 Å². The second-order valence-corrected chi connectivity index (χ2v) is 5.71. The molecule has 0 aromatic rings. The average molecular weight is 331 g/mol. The Bertz CT molecular complexity index is 277. The Morgan fingerprint density at radius 1 is 0.652 bits per heavy atom. The summed E-state index contributed by atoms with van der Waals surface area (Å²) in [5.41, 5.74) is 0. The van der Waals surface area contributed by atoms with Crippen LogP contribution in [0.15, 0.2) is 11.7 Å². The van der Waals surface area contributed by atoms with Crippen LogP contribution in [0.25, 0.3) is 0 Å². The summed E-state index contributed by atoms with van der Waals surface area (Å²) >= 11 is 0. The number of unbranched alkanes of at least 4 members (excludes halogenated alkanes) is 8. The van der Waals surface area contributed by atoms with E-state index in [-0.39, 0.29) is 6.79 Å². The number of rotatable bonds is 17. The highest BCUT2D eigenvalue weighted by Crippen LogP contribution is 2.19. The van der Waals surface area contributed by atoms with Crippen LogP contribution in [0.3, 0.4) is 0 Å². The summed E-state index contributed by atoms with van der Waals surface area (Å²) in [4.78, 5) is 0. The molecule has 0 saturated heterocycles. The second kappa shape index (κ2) is 17.5. The Morgan fingerprint density at radius 3 is 1.74 bits per heavy atom. The molecule has 0 aromatic carbocycles. The molecule has 0 aromatic heterocycles. The van der Waals surface area contributed by atoms with E-state index in [1.165, 1.54) is 51.4 Å². The minimum absolute atomic E-state index is 0.184. The highest BCUT2D eigenvalue weighted by Gasteiger charge is 2.11. The van der Waals surface area contributed by atoms with Crippen molar-refractivity contribution in [2.75, 3.05) is 27.1 Å². The van der Waals surface area contributed by atoms with Crippen molar-refractivity contribution >= 4 is 0 Å². The van der Waals surface area contributed by atoms with E-state index >= 15 is 0 Å².